The van der Waals surface area contributed by atoms with Gasteiger partial charge < -0.3 is 9.64 Å². The highest BCUT2D eigenvalue weighted by Crippen LogP contribution is 2.40. The zero-order valence-corrected chi connectivity index (χ0v) is 19.8. The van der Waals surface area contributed by atoms with Crippen LogP contribution in [-0.2, 0) is 14.8 Å². The Morgan fingerprint density at radius 2 is 1.34 bits per heavy atom. The Bertz CT molecular complexity index is 1400. The van der Waals surface area contributed by atoms with Crippen molar-refractivity contribution in [1.29, 1.82) is 0 Å². The summed E-state index contributed by atoms with van der Waals surface area (Å²) in [6.45, 7) is 1.41. The summed E-state index contributed by atoms with van der Waals surface area (Å²) in [7, 11) is -4.18. The second kappa shape index (κ2) is 9.48. The van der Waals surface area contributed by atoms with Crippen molar-refractivity contribution in [1.82, 2.24) is 9.21 Å². The van der Waals surface area contributed by atoms with Gasteiger partial charge in [0.15, 0.2) is 5.78 Å². The number of nitrogens with zero attached hydrogens (tertiary/aromatic N) is 2. The van der Waals surface area contributed by atoms with Crippen LogP contribution in [0.4, 0.5) is 0 Å². The minimum absolute atomic E-state index is 0.0129. The summed E-state index contributed by atoms with van der Waals surface area (Å²) in [6, 6.07) is 23.7. The molecule has 3 aromatic carbocycles. The van der Waals surface area contributed by atoms with Crippen molar-refractivity contribution in [3.63, 3.8) is 0 Å². The average molecular weight is 489 g/mol. The van der Waals surface area contributed by atoms with Crippen LogP contribution in [0.15, 0.2) is 95.5 Å². The number of benzene rings is 3. The molecule has 0 atom stereocenters. The van der Waals surface area contributed by atoms with Crippen molar-refractivity contribution < 1.29 is 22.7 Å². The van der Waals surface area contributed by atoms with Crippen LogP contribution in [0, 0.1) is 0 Å². The largest absolute Gasteiger partial charge is 0.378 e. The topological polar surface area (TPSA) is 84.0 Å². The van der Waals surface area contributed by atoms with Gasteiger partial charge in [-0.25, -0.2) is 8.42 Å². The van der Waals surface area contributed by atoms with Gasteiger partial charge in [-0.2, -0.15) is 0 Å². The minimum atomic E-state index is -4.18. The number of carbonyl (C=O) groups is 2. The van der Waals surface area contributed by atoms with Crippen LogP contribution in [0.25, 0.3) is 5.70 Å². The van der Waals surface area contributed by atoms with Gasteiger partial charge in [-0.05, 0) is 6.07 Å². The Hall–Kier alpha value is -3.75. The van der Waals surface area contributed by atoms with Gasteiger partial charge >= 0.3 is 0 Å². The summed E-state index contributed by atoms with van der Waals surface area (Å²) < 4.78 is 34.3. The second-order valence-corrected chi connectivity index (χ2v) is 10.1. The third kappa shape index (κ3) is 4.26. The molecule has 1 saturated heterocycles. The first kappa shape index (κ1) is 23.0. The molecule has 0 bridgehead atoms. The molecule has 0 aliphatic carbocycles. The molecule has 8 heteroatoms. The van der Waals surface area contributed by atoms with Crippen molar-refractivity contribution >= 4 is 27.3 Å². The van der Waals surface area contributed by atoms with Crippen LogP contribution in [0.3, 0.4) is 0 Å². The average Bonchev–Trinajstić information content (AvgIpc) is 2.91. The van der Waals surface area contributed by atoms with E-state index in [1.165, 1.54) is 6.07 Å². The van der Waals surface area contributed by atoms with Crippen LogP contribution in [-0.4, -0.2) is 62.0 Å². The van der Waals surface area contributed by atoms with Gasteiger partial charge in [-0.3, -0.25) is 13.9 Å². The van der Waals surface area contributed by atoms with E-state index in [9.17, 15) is 18.0 Å². The molecule has 0 aromatic heterocycles. The number of rotatable bonds is 6. The first-order chi connectivity index (χ1) is 17.0. The van der Waals surface area contributed by atoms with Crippen molar-refractivity contribution in [2.75, 3.05) is 32.8 Å². The summed E-state index contributed by atoms with van der Waals surface area (Å²) in [5.74, 6) is -0.848. The van der Waals surface area contributed by atoms with Gasteiger partial charge in [0.1, 0.15) is 5.70 Å². The van der Waals surface area contributed by atoms with Crippen molar-refractivity contribution in [3.05, 3.63) is 107 Å². The monoisotopic (exact) mass is 488 g/mol. The van der Waals surface area contributed by atoms with Crippen LogP contribution < -0.4 is 0 Å². The molecule has 0 spiro atoms. The first-order valence-electron chi connectivity index (χ1n) is 11.4. The van der Waals surface area contributed by atoms with Gasteiger partial charge in [-0.1, -0.05) is 78.9 Å². The predicted octanol–water partition coefficient (Wildman–Crippen LogP) is 3.46. The van der Waals surface area contributed by atoms with E-state index in [0.29, 0.717) is 48.7 Å². The van der Waals surface area contributed by atoms with Crippen LogP contribution >= 0.6 is 0 Å². The van der Waals surface area contributed by atoms with Gasteiger partial charge in [0.05, 0.1) is 30.4 Å². The van der Waals surface area contributed by atoms with Crippen molar-refractivity contribution in [3.8, 4) is 0 Å². The van der Waals surface area contributed by atoms with Crippen molar-refractivity contribution in [2.24, 2.45) is 0 Å². The Balaban J connectivity index is 1.74. The van der Waals surface area contributed by atoms with E-state index in [1.54, 1.807) is 78.9 Å². The molecule has 178 valence electrons. The zero-order chi connectivity index (χ0) is 24.4. The molecule has 0 amide bonds. The fourth-order valence-electron chi connectivity index (χ4n) is 4.44. The number of ether oxygens (including phenoxy) is 1. The molecule has 1 fully saturated rings. The quantitative estimate of drug-likeness (QED) is 0.494. The fourth-order valence-corrected chi connectivity index (χ4v) is 6.06. The summed E-state index contributed by atoms with van der Waals surface area (Å²) in [5.41, 5.74) is 1.67. The third-order valence-electron chi connectivity index (χ3n) is 6.15. The maximum Gasteiger partial charge on any atom is 0.265 e. The lowest BCUT2D eigenvalue weighted by Crippen LogP contribution is -2.45. The van der Waals surface area contributed by atoms with Gasteiger partial charge in [0, 0.05) is 29.8 Å². The fraction of sp³-hybridized carbons (Fsp3) is 0.185. The highest BCUT2D eigenvalue weighted by atomic mass is 32.2. The normalized spacial score (nSPS) is 17.1. The molecule has 0 saturated carbocycles. The predicted molar refractivity (Wildman–Crippen MR) is 131 cm³/mol. The van der Waals surface area contributed by atoms with Crippen LogP contribution in [0.2, 0.25) is 0 Å². The Labute approximate surface area is 204 Å². The molecular weight excluding hydrogens is 464 g/mol. The third-order valence-corrected chi connectivity index (χ3v) is 7.95. The molecule has 2 heterocycles. The highest BCUT2D eigenvalue weighted by Gasteiger charge is 2.42. The Morgan fingerprint density at radius 3 is 2.00 bits per heavy atom. The summed E-state index contributed by atoms with van der Waals surface area (Å²) in [5, 5.41) is 0. The van der Waals surface area contributed by atoms with Crippen LogP contribution in [0.1, 0.15) is 26.3 Å². The van der Waals surface area contributed by atoms with Gasteiger partial charge in [-0.15, -0.1) is 0 Å². The number of ketones is 2. The molecular formula is C27H24N2O5S. The number of morpholine rings is 1. The number of Topliss-reactive ketones (excluding diaryl/α,β-unsaturated/α-hetero) is 2. The number of hydrogen-bond donors (Lipinski definition) is 0. The summed E-state index contributed by atoms with van der Waals surface area (Å²) >= 11 is 0. The smallest absolute Gasteiger partial charge is 0.265 e. The van der Waals surface area contributed by atoms with E-state index in [2.05, 4.69) is 0 Å². The first-order valence-corrected chi connectivity index (χ1v) is 12.8. The van der Waals surface area contributed by atoms with Crippen molar-refractivity contribution in [2.45, 2.75) is 4.90 Å². The van der Waals surface area contributed by atoms with E-state index in [4.69, 9.17) is 4.74 Å². The number of sulfonamides is 1. The minimum Gasteiger partial charge on any atom is -0.378 e. The van der Waals surface area contributed by atoms with Gasteiger partial charge in [0.2, 0.25) is 5.78 Å². The molecule has 2 aliphatic rings. The van der Waals surface area contributed by atoms with E-state index in [1.807, 2.05) is 4.90 Å². The number of carbonyl (C=O) groups excluding carboxylic acids is 2. The van der Waals surface area contributed by atoms with E-state index < -0.39 is 28.1 Å². The lowest BCUT2D eigenvalue weighted by Gasteiger charge is -2.39. The molecule has 2 aliphatic heterocycles. The molecule has 0 radical (unpaired) electrons. The lowest BCUT2D eigenvalue weighted by molar-refractivity contribution is 0.0627. The van der Waals surface area contributed by atoms with Gasteiger partial charge in [0.25, 0.3) is 10.0 Å². The Morgan fingerprint density at radius 1 is 0.771 bits per heavy atom. The lowest BCUT2D eigenvalue weighted by atomic mass is 10.0. The zero-order valence-electron chi connectivity index (χ0n) is 19.0. The molecule has 5 rings (SSSR count). The number of hydrogen-bond acceptors (Lipinski definition) is 6. The molecule has 0 N–H and O–H groups in total. The highest BCUT2D eigenvalue weighted by molar-refractivity contribution is 7.89. The van der Waals surface area contributed by atoms with E-state index >= 15 is 0 Å². The molecule has 3 aromatic rings. The molecule has 35 heavy (non-hydrogen) atoms. The standard InChI is InChI=1S/C27H24N2O5S/c30-23(20-9-3-1-4-10-20)19-29-26(27(31)21-11-5-2-6-12-21)25(28-15-17-34-18-16-28)22-13-7-8-14-24(22)35(29,32)33/h1-14H,15-19H2. The number of allylic oxidation sites excluding steroid dienone is 1. The molecule has 0 unspecified atom stereocenters. The summed E-state index contributed by atoms with van der Waals surface area (Å²) in [6.07, 6.45) is 0. The van der Waals surface area contributed by atoms with Crippen LogP contribution in [0.5, 0.6) is 0 Å². The second-order valence-electron chi connectivity index (χ2n) is 8.29. The summed E-state index contributed by atoms with van der Waals surface area (Å²) in [4.78, 5) is 29.2. The Kier molecular flexibility index (Phi) is 6.23. The molecule has 7 nitrogen and oxygen atoms in total. The SMILES string of the molecule is O=C(CN1C(C(=O)c2ccccc2)=C(N2CCOCC2)c2ccccc2S1(=O)=O)c1ccccc1. The maximum atomic E-state index is 13.9. The van der Waals surface area contributed by atoms with E-state index in [0.717, 1.165) is 4.31 Å². The number of fused-ring (bicyclic) bond motifs is 1. The maximum absolute atomic E-state index is 13.9. The van der Waals surface area contributed by atoms with E-state index in [-0.39, 0.29) is 10.6 Å².